The van der Waals surface area contributed by atoms with E-state index in [1.54, 1.807) is 0 Å². The molecule has 1 aliphatic heterocycles. The molecule has 0 aromatic rings. The first-order valence-electron chi connectivity index (χ1n) is 4.35. The van der Waals surface area contributed by atoms with Crippen LogP contribution in [-0.4, -0.2) is 48.5 Å². The lowest BCUT2D eigenvalue weighted by Gasteiger charge is -2.28. The molecule has 0 spiro atoms. The van der Waals surface area contributed by atoms with Crippen LogP contribution >= 0.6 is 0 Å². The van der Waals surface area contributed by atoms with Crippen LogP contribution in [0, 0.1) is 0 Å². The Bertz CT molecular complexity index is 202. The molecule has 0 radical (unpaired) electrons. The molecule has 0 bridgehead atoms. The Labute approximate surface area is 81.3 Å². The highest BCUT2D eigenvalue weighted by Crippen LogP contribution is 2.25. The van der Waals surface area contributed by atoms with Crippen LogP contribution in [0.15, 0.2) is 0 Å². The molecule has 1 heterocycles. The quantitative estimate of drug-likeness (QED) is 0.359. The normalized spacial score (nSPS) is 19.2. The van der Waals surface area contributed by atoms with Gasteiger partial charge in [0.1, 0.15) is 12.8 Å². The van der Waals surface area contributed by atoms with Gasteiger partial charge in [-0.15, -0.1) is 0 Å². The number of ether oxygens (including phenoxy) is 2. The SMILES string of the molecule is O=CCCC1(CN(O)C=O)OCCO1. The number of hydroxylamine groups is 2. The molecule has 1 N–H and O–H groups in total. The zero-order chi connectivity index (χ0) is 10.4. The van der Waals surface area contributed by atoms with Crippen molar-refractivity contribution in [1.29, 1.82) is 0 Å². The number of amides is 1. The van der Waals surface area contributed by atoms with Crippen LogP contribution in [0.1, 0.15) is 12.8 Å². The first kappa shape index (κ1) is 11.1. The summed E-state index contributed by atoms with van der Waals surface area (Å²) in [5, 5.41) is 9.45. The fraction of sp³-hybridized carbons (Fsp3) is 0.750. The van der Waals surface area contributed by atoms with Gasteiger partial charge < -0.3 is 14.3 Å². The van der Waals surface area contributed by atoms with Crippen LogP contribution in [0.3, 0.4) is 0 Å². The highest BCUT2D eigenvalue weighted by atomic mass is 16.7. The Morgan fingerprint density at radius 2 is 2.00 bits per heavy atom. The molecule has 0 aromatic heterocycles. The fourth-order valence-electron chi connectivity index (χ4n) is 1.37. The van der Waals surface area contributed by atoms with E-state index in [-0.39, 0.29) is 19.4 Å². The smallest absolute Gasteiger partial charge is 0.233 e. The number of rotatable bonds is 6. The second-order valence-electron chi connectivity index (χ2n) is 3.02. The van der Waals surface area contributed by atoms with E-state index in [4.69, 9.17) is 14.7 Å². The maximum atomic E-state index is 10.2. The Morgan fingerprint density at radius 1 is 1.36 bits per heavy atom. The predicted molar refractivity (Wildman–Crippen MR) is 44.5 cm³/mol. The van der Waals surface area contributed by atoms with Gasteiger partial charge in [0.15, 0.2) is 5.79 Å². The largest absolute Gasteiger partial charge is 0.346 e. The molecule has 1 amide bonds. The standard InChI is InChI=1S/C8H13NO5/c10-3-1-2-8(6-9(12)7-11)13-4-5-14-8/h3,7,12H,1-2,4-6H2. The van der Waals surface area contributed by atoms with E-state index in [0.717, 1.165) is 6.29 Å². The van der Waals surface area contributed by atoms with Gasteiger partial charge in [-0.1, -0.05) is 0 Å². The summed E-state index contributed by atoms with van der Waals surface area (Å²) in [6, 6.07) is 0. The summed E-state index contributed by atoms with van der Waals surface area (Å²) in [5.41, 5.74) is 0. The maximum Gasteiger partial charge on any atom is 0.233 e. The van der Waals surface area contributed by atoms with Crippen LogP contribution in [-0.2, 0) is 19.1 Å². The number of nitrogens with zero attached hydrogens (tertiary/aromatic N) is 1. The highest BCUT2D eigenvalue weighted by molar-refractivity contribution is 5.49. The van der Waals surface area contributed by atoms with Crippen molar-refractivity contribution in [3.05, 3.63) is 0 Å². The molecule has 80 valence electrons. The monoisotopic (exact) mass is 203 g/mol. The second-order valence-corrected chi connectivity index (χ2v) is 3.02. The van der Waals surface area contributed by atoms with Crippen molar-refractivity contribution in [3.8, 4) is 0 Å². The number of hydrogen-bond acceptors (Lipinski definition) is 5. The molecule has 0 aromatic carbocycles. The van der Waals surface area contributed by atoms with Gasteiger partial charge in [0.25, 0.3) is 0 Å². The molecule has 0 saturated carbocycles. The number of carbonyl (C=O) groups excluding carboxylic acids is 2. The molecular weight excluding hydrogens is 190 g/mol. The number of aldehydes is 1. The van der Waals surface area contributed by atoms with Gasteiger partial charge in [0.05, 0.1) is 13.2 Å². The lowest BCUT2D eigenvalue weighted by molar-refractivity contribution is -0.216. The molecular formula is C8H13NO5. The van der Waals surface area contributed by atoms with Gasteiger partial charge in [0.2, 0.25) is 6.41 Å². The summed E-state index contributed by atoms with van der Waals surface area (Å²) in [4.78, 5) is 20.4. The molecule has 1 saturated heterocycles. The summed E-state index contributed by atoms with van der Waals surface area (Å²) < 4.78 is 10.5. The number of carbonyl (C=O) groups is 2. The summed E-state index contributed by atoms with van der Waals surface area (Å²) in [5.74, 6) is -1.02. The zero-order valence-corrected chi connectivity index (χ0v) is 7.72. The maximum absolute atomic E-state index is 10.2. The van der Waals surface area contributed by atoms with Gasteiger partial charge >= 0.3 is 0 Å². The van der Waals surface area contributed by atoms with Crippen molar-refractivity contribution in [3.63, 3.8) is 0 Å². The van der Waals surface area contributed by atoms with Crippen molar-refractivity contribution in [2.24, 2.45) is 0 Å². The average molecular weight is 203 g/mol. The van der Waals surface area contributed by atoms with Gasteiger partial charge in [-0.2, -0.15) is 0 Å². The first-order chi connectivity index (χ1) is 6.72. The van der Waals surface area contributed by atoms with Crippen LogP contribution in [0.5, 0.6) is 0 Å². The molecule has 1 rings (SSSR count). The third-order valence-electron chi connectivity index (χ3n) is 1.98. The summed E-state index contributed by atoms with van der Waals surface area (Å²) in [6.45, 7) is 0.738. The Hall–Kier alpha value is -0.980. The van der Waals surface area contributed by atoms with Crippen LogP contribution in [0.2, 0.25) is 0 Å². The lowest BCUT2D eigenvalue weighted by Crippen LogP contribution is -2.42. The molecule has 1 fully saturated rings. The van der Waals surface area contributed by atoms with Crippen molar-refractivity contribution in [2.45, 2.75) is 18.6 Å². The molecule has 6 nitrogen and oxygen atoms in total. The Kier molecular flexibility index (Phi) is 3.99. The van der Waals surface area contributed by atoms with Gasteiger partial charge in [-0.05, 0) is 0 Å². The third-order valence-corrected chi connectivity index (χ3v) is 1.98. The van der Waals surface area contributed by atoms with E-state index in [1.807, 2.05) is 0 Å². The molecule has 0 aliphatic carbocycles. The topological polar surface area (TPSA) is 76.1 Å². The van der Waals surface area contributed by atoms with Gasteiger partial charge in [0, 0.05) is 12.8 Å². The molecule has 0 atom stereocenters. The lowest BCUT2D eigenvalue weighted by atomic mass is 10.1. The minimum Gasteiger partial charge on any atom is -0.346 e. The fourth-order valence-corrected chi connectivity index (χ4v) is 1.37. The summed E-state index contributed by atoms with van der Waals surface area (Å²) in [6.07, 6.45) is 1.62. The van der Waals surface area contributed by atoms with E-state index in [9.17, 15) is 9.59 Å². The highest BCUT2D eigenvalue weighted by Gasteiger charge is 2.37. The van der Waals surface area contributed by atoms with E-state index >= 15 is 0 Å². The van der Waals surface area contributed by atoms with Crippen LogP contribution in [0.25, 0.3) is 0 Å². The minimum atomic E-state index is -1.02. The molecule has 0 unspecified atom stereocenters. The Balaban J connectivity index is 2.51. The van der Waals surface area contributed by atoms with Crippen LogP contribution < -0.4 is 0 Å². The van der Waals surface area contributed by atoms with Crippen molar-refractivity contribution in [2.75, 3.05) is 19.8 Å². The van der Waals surface area contributed by atoms with E-state index in [1.165, 1.54) is 0 Å². The van der Waals surface area contributed by atoms with Crippen LogP contribution in [0.4, 0.5) is 0 Å². The predicted octanol–water partition coefficient (Wildman–Crippen LogP) is -0.444. The summed E-state index contributed by atoms with van der Waals surface area (Å²) in [7, 11) is 0. The van der Waals surface area contributed by atoms with E-state index in [2.05, 4.69) is 0 Å². The first-order valence-corrected chi connectivity index (χ1v) is 4.35. The molecule has 14 heavy (non-hydrogen) atoms. The molecule has 6 heteroatoms. The van der Waals surface area contributed by atoms with Crippen molar-refractivity contribution >= 4 is 12.7 Å². The zero-order valence-electron chi connectivity index (χ0n) is 7.72. The van der Waals surface area contributed by atoms with Gasteiger partial charge in [-0.3, -0.25) is 10.0 Å². The van der Waals surface area contributed by atoms with Gasteiger partial charge in [-0.25, -0.2) is 5.06 Å². The third kappa shape index (κ3) is 2.76. The number of hydrogen-bond donors (Lipinski definition) is 1. The Morgan fingerprint density at radius 3 is 2.50 bits per heavy atom. The molecule has 1 aliphatic rings. The average Bonchev–Trinajstić information content (AvgIpc) is 2.64. The van der Waals surface area contributed by atoms with E-state index in [0.29, 0.717) is 24.7 Å². The second kappa shape index (κ2) is 5.04. The minimum absolute atomic E-state index is 0.0790. The van der Waals surface area contributed by atoms with Crippen molar-refractivity contribution in [1.82, 2.24) is 5.06 Å². The summed E-state index contributed by atoms with van der Waals surface area (Å²) >= 11 is 0. The van der Waals surface area contributed by atoms with Crippen molar-refractivity contribution < 1.29 is 24.3 Å². The van der Waals surface area contributed by atoms with E-state index < -0.39 is 5.79 Å².